The quantitative estimate of drug-likeness (QED) is 0.650. The van der Waals surface area contributed by atoms with Gasteiger partial charge in [0, 0.05) is 0 Å². The highest BCUT2D eigenvalue weighted by molar-refractivity contribution is 7.99. The first-order chi connectivity index (χ1) is 10.6. The number of alkyl halides is 3. The summed E-state index contributed by atoms with van der Waals surface area (Å²) >= 11 is 0.290. The maximum Gasteiger partial charge on any atom is 0.398 e. The molecule has 0 atom stereocenters. The minimum Gasteiger partial charge on any atom is -0.478 e. The van der Waals surface area contributed by atoms with E-state index >= 15 is 0 Å². The molecule has 0 amide bonds. The number of aryl methyl sites for hydroxylation is 1. The minimum atomic E-state index is -4.42. The lowest BCUT2D eigenvalue weighted by atomic mass is 10.1. The number of carbonyl (C=O) groups is 1. The number of carboxylic acid groups (broad SMARTS) is 1. The fraction of sp³-hybridized carbons (Fsp3) is 0.250. The van der Waals surface area contributed by atoms with Crippen LogP contribution in [0.15, 0.2) is 17.3 Å². The Morgan fingerprint density at radius 2 is 2.09 bits per heavy atom. The lowest BCUT2D eigenvalue weighted by molar-refractivity contribution is -0.105. The van der Waals surface area contributed by atoms with Gasteiger partial charge in [-0.15, -0.1) is 5.10 Å². The van der Waals surface area contributed by atoms with Crippen LogP contribution < -0.4 is 5.73 Å². The van der Waals surface area contributed by atoms with Crippen LogP contribution >= 0.6 is 11.8 Å². The van der Waals surface area contributed by atoms with E-state index in [1.54, 1.807) is 0 Å². The van der Waals surface area contributed by atoms with Gasteiger partial charge in [-0.25, -0.2) is 9.18 Å². The van der Waals surface area contributed by atoms with Crippen molar-refractivity contribution in [2.45, 2.75) is 18.3 Å². The lowest BCUT2D eigenvalue weighted by Gasteiger charge is -2.08. The zero-order valence-corrected chi connectivity index (χ0v) is 12.4. The van der Waals surface area contributed by atoms with Gasteiger partial charge in [0.05, 0.1) is 11.3 Å². The molecule has 1 heterocycles. The van der Waals surface area contributed by atoms with Crippen molar-refractivity contribution in [3.05, 3.63) is 29.1 Å². The monoisotopic (exact) mass is 350 g/mol. The Kier molecular flexibility index (Phi) is 4.50. The highest BCUT2D eigenvalue weighted by Crippen LogP contribution is 2.27. The molecule has 0 aliphatic rings. The molecule has 124 valence electrons. The summed E-state index contributed by atoms with van der Waals surface area (Å²) in [5.41, 5.74) is 5.22. The molecular weight excluding hydrogens is 340 g/mol. The molecule has 1 aromatic heterocycles. The maximum absolute atomic E-state index is 14.0. The number of carboxylic acids is 1. The highest BCUT2D eigenvalue weighted by Gasteiger charge is 2.28. The number of hydrogen-bond acceptors (Lipinski definition) is 5. The third-order valence-corrected chi connectivity index (χ3v) is 3.63. The van der Waals surface area contributed by atoms with Crippen LogP contribution in [0.25, 0.3) is 5.69 Å². The summed E-state index contributed by atoms with van der Waals surface area (Å²) in [7, 11) is 0. The number of aromatic carboxylic acids is 1. The number of anilines is 1. The Morgan fingerprint density at radius 3 is 2.65 bits per heavy atom. The van der Waals surface area contributed by atoms with Crippen LogP contribution in [-0.2, 0) is 0 Å². The second kappa shape index (κ2) is 6.07. The molecule has 0 saturated heterocycles. The van der Waals surface area contributed by atoms with Gasteiger partial charge in [0.15, 0.2) is 0 Å². The van der Waals surface area contributed by atoms with Crippen LogP contribution in [0, 0.1) is 12.7 Å². The molecule has 0 spiro atoms. The Labute approximate surface area is 131 Å². The van der Waals surface area contributed by atoms with Gasteiger partial charge in [0.2, 0.25) is 11.1 Å². The van der Waals surface area contributed by atoms with Gasteiger partial charge in [-0.2, -0.15) is 22.8 Å². The number of nitrogen functional groups attached to an aromatic ring is 1. The van der Waals surface area contributed by atoms with E-state index in [1.165, 1.54) is 6.92 Å². The molecule has 0 aliphatic carbocycles. The Hall–Kier alpha value is -2.30. The van der Waals surface area contributed by atoms with Gasteiger partial charge in [0.1, 0.15) is 11.5 Å². The SMILES string of the molecule is Cc1cc(F)c(-n2nc(SCC(F)(F)F)nc2N)cc1C(=O)O. The largest absolute Gasteiger partial charge is 0.478 e. The van der Waals surface area contributed by atoms with E-state index in [-0.39, 0.29) is 39.7 Å². The second-order valence-electron chi connectivity index (χ2n) is 4.49. The smallest absolute Gasteiger partial charge is 0.398 e. The van der Waals surface area contributed by atoms with Crippen molar-refractivity contribution in [2.75, 3.05) is 11.5 Å². The van der Waals surface area contributed by atoms with E-state index in [0.29, 0.717) is 0 Å². The van der Waals surface area contributed by atoms with Crippen molar-refractivity contribution in [2.24, 2.45) is 0 Å². The predicted molar refractivity (Wildman–Crippen MR) is 74.2 cm³/mol. The standard InChI is InChI=1S/C12H10F4N4O2S/c1-5-2-7(13)8(3-6(5)9(21)22)20-10(17)18-11(19-20)23-4-12(14,15)16/h2-3H,4H2,1H3,(H,21,22)(H2,17,18,19). The molecule has 0 unspecified atom stereocenters. The first-order valence-electron chi connectivity index (χ1n) is 6.04. The van der Waals surface area contributed by atoms with Crippen LogP contribution in [0.1, 0.15) is 15.9 Å². The third kappa shape index (κ3) is 3.92. The third-order valence-electron chi connectivity index (χ3n) is 2.73. The van der Waals surface area contributed by atoms with Crippen molar-refractivity contribution < 1.29 is 27.5 Å². The van der Waals surface area contributed by atoms with E-state index in [0.717, 1.165) is 16.8 Å². The number of halogens is 4. The number of rotatable bonds is 4. The molecule has 3 N–H and O–H groups in total. The normalized spacial score (nSPS) is 11.7. The number of benzene rings is 1. The molecule has 0 saturated carbocycles. The van der Waals surface area contributed by atoms with E-state index in [2.05, 4.69) is 10.1 Å². The number of nitrogens with zero attached hydrogens (tertiary/aromatic N) is 3. The average molecular weight is 350 g/mol. The van der Waals surface area contributed by atoms with Crippen LogP contribution in [0.4, 0.5) is 23.5 Å². The minimum absolute atomic E-state index is 0.180. The van der Waals surface area contributed by atoms with Gasteiger partial charge < -0.3 is 10.8 Å². The van der Waals surface area contributed by atoms with Gasteiger partial charge in [0.25, 0.3) is 0 Å². The van der Waals surface area contributed by atoms with Gasteiger partial charge in [-0.1, -0.05) is 11.8 Å². The Morgan fingerprint density at radius 1 is 1.43 bits per heavy atom. The summed E-state index contributed by atoms with van der Waals surface area (Å²) in [5.74, 6) is -3.69. The summed E-state index contributed by atoms with van der Waals surface area (Å²) in [4.78, 5) is 14.7. The van der Waals surface area contributed by atoms with E-state index in [4.69, 9.17) is 10.8 Å². The molecule has 0 bridgehead atoms. The molecule has 0 fully saturated rings. The maximum atomic E-state index is 14.0. The highest BCUT2D eigenvalue weighted by atomic mass is 32.2. The summed E-state index contributed by atoms with van der Waals surface area (Å²) in [6.45, 7) is 1.41. The second-order valence-corrected chi connectivity index (χ2v) is 5.43. The summed E-state index contributed by atoms with van der Waals surface area (Å²) < 4.78 is 51.3. The predicted octanol–water partition coefficient (Wildman–Crippen LogP) is 2.65. The zero-order valence-electron chi connectivity index (χ0n) is 11.6. The first-order valence-corrected chi connectivity index (χ1v) is 7.03. The zero-order chi connectivity index (χ0) is 17.4. The van der Waals surface area contributed by atoms with Crippen LogP contribution in [0.2, 0.25) is 0 Å². The summed E-state index contributed by atoms with van der Waals surface area (Å²) in [6.07, 6.45) is -4.42. The fourth-order valence-electron chi connectivity index (χ4n) is 1.74. The van der Waals surface area contributed by atoms with Gasteiger partial charge >= 0.3 is 12.1 Å². The molecule has 0 aliphatic heterocycles. The van der Waals surface area contributed by atoms with Gasteiger partial charge in [-0.05, 0) is 24.6 Å². The summed E-state index contributed by atoms with van der Waals surface area (Å²) in [5, 5.41) is 12.4. The average Bonchev–Trinajstić information content (AvgIpc) is 2.76. The van der Waals surface area contributed by atoms with Crippen LogP contribution in [0.3, 0.4) is 0 Å². The van der Waals surface area contributed by atoms with Crippen molar-refractivity contribution in [3.8, 4) is 5.69 Å². The molecule has 2 rings (SSSR count). The molecule has 11 heteroatoms. The number of hydrogen-bond donors (Lipinski definition) is 2. The lowest BCUT2D eigenvalue weighted by Crippen LogP contribution is -2.11. The van der Waals surface area contributed by atoms with E-state index in [1.807, 2.05) is 0 Å². The number of nitrogens with two attached hydrogens (primary N) is 1. The van der Waals surface area contributed by atoms with Crippen LogP contribution in [-0.4, -0.2) is 37.8 Å². The van der Waals surface area contributed by atoms with Gasteiger partial charge in [-0.3, -0.25) is 0 Å². The topological polar surface area (TPSA) is 94.0 Å². The molecule has 0 radical (unpaired) electrons. The van der Waals surface area contributed by atoms with Crippen molar-refractivity contribution in [3.63, 3.8) is 0 Å². The van der Waals surface area contributed by atoms with E-state index in [9.17, 15) is 22.4 Å². The molecule has 2 aromatic rings. The number of thioether (sulfide) groups is 1. The first kappa shape index (κ1) is 17.1. The molecule has 6 nitrogen and oxygen atoms in total. The molecule has 23 heavy (non-hydrogen) atoms. The molecule has 1 aromatic carbocycles. The number of aromatic nitrogens is 3. The van der Waals surface area contributed by atoms with Crippen molar-refractivity contribution >= 4 is 23.7 Å². The fourth-order valence-corrected chi connectivity index (χ4v) is 2.33. The Bertz CT molecular complexity index is 760. The van der Waals surface area contributed by atoms with E-state index < -0.39 is 23.7 Å². The van der Waals surface area contributed by atoms with Crippen molar-refractivity contribution in [1.29, 1.82) is 0 Å². The summed E-state index contributed by atoms with van der Waals surface area (Å²) in [6, 6.07) is 1.97. The van der Waals surface area contributed by atoms with Crippen molar-refractivity contribution in [1.82, 2.24) is 14.8 Å². The molecular formula is C12H10F4N4O2S. The Balaban J connectivity index is 2.41. The van der Waals surface area contributed by atoms with Crippen LogP contribution in [0.5, 0.6) is 0 Å².